The van der Waals surface area contributed by atoms with Gasteiger partial charge >= 0.3 is 0 Å². The number of hydrogen-bond donors (Lipinski definition) is 2. The number of amides is 1. The second-order valence-electron chi connectivity index (χ2n) is 7.73. The third-order valence-corrected chi connectivity index (χ3v) is 6.00. The van der Waals surface area contributed by atoms with Crippen molar-refractivity contribution in [2.75, 3.05) is 10.6 Å². The van der Waals surface area contributed by atoms with Crippen molar-refractivity contribution in [2.45, 2.75) is 6.61 Å². The molecule has 0 aliphatic carbocycles. The number of pyridine rings is 1. The van der Waals surface area contributed by atoms with E-state index in [4.69, 9.17) is 4.74 Å². The van der Waals surface area contributed by atoms with E-state index in [1.165, 1.54) is 11.3 Å². The molecule has 172 valence electrons. The Balaban J connectivity index is 1.15. The van der Waals surface area contributed by atoms with Gasteiger partial charge in [-0.3, -0.25) is 9.78 Å². The molecule has 2 aromatic heterocycles. The zero-order valence-corrected chi connectivity index (χ0v) is 19.5. The minimum absolute atomic E-state index is 0.178. The first-order valence-corrected chi connectivity index (χ1v) is 11.9. The van der Waals surface area contributed by atoms with E-state index >= 15 is 0 Å². The summed E-state index contributed by atoms with van der Waals surface area (Å²) in [6, 6.07) is 28.5. The zero-order valence-electron chi connectivity index (χ0n) is 18.7. The fourth-order valence-corrected chi connectivity index (χ4v) is 4.13. The Bertz CT molecular complexity index is 1390. The molecule has 0 radical (unpaired) electrons. The third-order valence-electron chi connectivity index (χ3n) is 5.24. The highest BCUT2D eigenvalue weighted by molar-refractivity contribution is 7.14. The van der Waals surface area contributed by atoms with E-state index < -0.39 is 0 Å². The van der Waals surface area contributed by atoms with Gasteiger partial charge in [-0.1, -0.05) is 30.3 Å². The van der Waals surface area contributed by atoms with Crippen LogP contribution in [0.3, 0.4) is 0 Å². The number of carbonyl (C=O) groups is 1. The Morgan fingerprint density at radius 1 is 0.829 bits per heavy atom. The Hall–Kier alpha value is -4.49. The normalized spacial score (nSPS) is 10.5. The van der Waals surface area contributed by atoms with Gasteiger partial charge in [0.25, 0.3) is 5.91 Å². The van der Waals surface area contributed by atoms with Gasteiger partial charge in [-0.15, -0.1) is 11.3 Å². The number of carbonyl (C=O) groups excluding carboxylic acids is 1. The molecule has 0 saturated heterocycles. The molecule has 0 aliphatic heterocycles. The van der Waals surface area contributed by atoms with E-state index in [2.05, 4.69) is 20.6 Å². The Kier molecular flexibility index (Phi) is 6.77. The van der Waals surface area contributed by atoms with Crippen molar-refractivity contribution in [2.24, 2.45) is 0 Å². The van der Waals surface area contributed by atoms with Gasteiger partial charge in [0.05, 0.1) is 5.69 Å². The van der Waals surface area contributed by atoms with Crippen molar-refractivity contribution >= 4 is 33.8 Å². The first-order chi connectivity index (χ1) is 17.2. The van der Waals surface area contributed by atoms with Gasteiger partial charge in [0.2, 0.25) is 0 Å². The van der Waals surface area contributed by atoms with Crippen LogP contribution in [0.25, 0.3) is 11.3 Å². The molecule has 0 aliphatic rings. The monoisotopic (exact) mass is 478 g/mol. The lowest BCUT2D eigenvalue weighted by Gasteiger charge is -2.09. The van der Waals surface area contributed by atoms with Crippen LogP contribution in [-0.4, -0.2) is 15.9 Å². The summed E-state index contributed by atoms with van der Waals surface area (Å²) in [5, 5.41) is 9.03. The first kappa shape index (κ1) is 22.3. The molecule has 5 aromatic rings. The van der Waals surface area contributed by atoms with Crippen LogP contribution in [0.15, 0.2) is 109 Å². The summed E-state index contributed by atoms with van der Waals surface area (Å²) in [7, 11) is 0. The maximum atomic E-state index is 12.6. The van der Waals surface area contributed by atoms with Crippen LogP contribution in [0.1, 0.15) is 15.9 Å². The van der Waals surface area contributed by atoms with E-state index in [0.29, 0.717) is 17.9 Å². The summed E-state index contributed by atoms with van der Waals surface area (Å²) < 4.78 is 5.79. The largest absolute Gasteiger partial charge is 0.489 e. The molecule has 2 N–H and O–H groups in total. The lowest BCUT2D eigenvalue weighted by molar-refractivity contribution is 0.102. The summed E-state index contributed by atoms with van der Waals surface area (Å²) in [6.45, 7) is 0.485. The van der Waals surface area contributed by atoms with Crippen molar-refractivity contribution in [3.63, 3.8) is 0 Å². The quantitative estimate of drug-likeness (QED) is 0.257. The SMILES string of the molecule is O=C(Nc1ccc(Nc2nc(-c3ccncc3)cs2)cc1)c1ccc(OCc2ccccc2)cc1. The molecular weight excluding hydrogens is 456 g/mol. The average Bonchev–Trinajstić information content (AvgIpc) is 3.38. The topological polar surface area (TPSA) is 76.1 Å². The maximum absolute atomic E-state index is 12.6. The van der Waals surface area contributed by atoms with Crippen molar-refractivity contribution in [1.29, 1.82) is 0 Å². The van der Waals surface area contributed by atoms with E-state index in [1.807, 2.05) is 72.1 Å². The van der Waals surface area contributed by atoms with Gasteiger partial charge in [0, 0.05) is 40.3 Å². The maximum Gasteiger partial charge on any atom is 0.255 e. The molecule has 0 saturated carbocycles. The molecule has 0 spiro atoms. The van der Waals surface area contributed by atoms with Crippen molar-refractivity contribution < 1.29 is 9.53 Å². The minimum Gasteiger partial charge on any atom is -0.489 e. The van der Waals surface area contributed by atoms with Crippen LogP contribution in [0.5, 0.6) is 5.75 Å². The lowest BCUT2D eigenvalue weighted by atomic mass is 10.2. The minimum atomic E-state index is -0.178. The first-order valence-electron chi connectivity index (χ1n) is 11.0. The number of nitrogens with zero attached hydrogens (tertiary/aromatic N) is 2. The third kappa shape index (κ3) is 5.90. The van der Waals surface area contributed by atoms with Crippen LogP contribution in [0.2, 0.25) is 0 Å². The number of thiazole rings is 1. The summed E-state index contributed by atoms with van der Waals surface area (Å²) in [6.07, 6.45) is 3.51. The van der Waals surface area contributed by atoms with Crippen LogP contribution in [0.4, 0.5) is 16.5 Å². The lowest BCUT2D eigenvalue weighted by Crippen LogP contribution is -2.11. The predicted molar refractivity (Wildman–Crippen MR) is 140 cm³/mol. The van der Waals surface area contributed by atoms with E-state index in [0.717, 1.165) is 33.4 Å². The number of rotatable bonds is 8. The number of aromatic nitrogens is 2. The van der Waals surface area contributed by atoms with Crippen LogP contribution >= 0.6 is 11.3 Å². The molecule has 3 aromatic carbocycles. The fraction of sp³-hybridized carbons (Fsp3) is 0.0357. The number of anilines is 3. The second kappa shape index (κ2) is 10.6. The smallest absolute Gasteiger partial charge is 0.255 e. The van der Waals surface area contributed by atoms with Crippen molar-refractivity contribution in [3.8, 4) is 17.0 Å². The zero-order chi connectivity index (χ0) is 23.9. The molecule has 35 heavy (non-hydrogen) atoms. The number of benzene rings is 3. The van der Waals surface area contributed by atoms with Gasteiger partial charge < -0.3 is 15.4 Å². The Labute approximate surface area is 207 Å². The molecule has 0 unspecified atom stereocenters. The van der Waals surface area contributed by atoms with Crippen LogP contribution in [-0.2, 0) is 6.61 Å². The highest BCUT2D eigenvalue weighted by Crippen LogP contribution is 2.27. The van der Waals surface area contributed by atoms with Gasteiger partial charge in [0.15, 0.2) is 5.13 Å². The predicted octanol–water partition coefficient (Wildman–Crippen LogP) is 6.78. The number of ether oxygens (including phenoxy) is 1. The molecule has 0 fully saturated rings. The summed E-state index contributed by atoms with van der Waals surface area (Å²) in [5.74, 6) is 0.539. The van der Waals surface area contributed by atoms with Gasteiger partial charge in [-0.2, -0.15) is 0 Å². The Morgan fingerprint density at radius 3 is 2.29 bits per heavy atom. The molecule has 6 nitrogen and oxygen atoms in total. The van der Waals surface area contributed by atoms with Crippen molar-refractivity contribution in [3.05, 3.63) is 120 Å². The molecule has 0 atom stereocenters. The van der Waals surface area contributed by atoms with E-state index in [9.17, 15) is 4.79 Å². The standard InChI is InChI=1S/C28H22N4O2S/c33-27(22-6-12-25(13-7-22)34-18-20-4-2-1-3-5-20)30-23-8-10-24(11-9-23)31-28-32-26(19-35-28)21-14-16-29-17-15-21/h1-17,19H,18H2,(H,30,33)(H,31,32). The van der Waals surface area contributed by atoms with Gasteiger partial charge in [0.1, 0.15) is 12.4 Å². The highest BCUT2D eigenvalue weighted by Gasteiger charge is 2.08. The van der Waals surface area contributed by atoms with Crippen LogP contribution in [0, 0.1) is 0 Å². The molecule has 0 bridgehead atoms. The molecule has 7 heteroatoms. The van der Waals surface area contributed by atoms with Crippen LogP contribution < -0.4 is 15.4 Å². The number of hydrogen-bond acceptors (Lipinski definition) is 6. The molecule has 5 rings (SSSR count). The Morgan fingerprint density at radius 2 is 1.54 bits per heavy atom. The highest BCUT2D eigenvalue weighted by atomic mass is 32.1. The summed E-state index contributed by atoms with van der Waals surface area (Å²) in [4.78, 5) is 21.3. The molecular formula is C28H22N4O2S. The summed E-state index contributed by atoms with van der Waals surface area (Å²) >= 11 is 1.53. The number of nitrogens with one attached hydrogen (secondary N) is 2. The second-order valence-corrected chi connectivity index (χ2v) is 8.59. The van der Waals surface area contributed by atoms with E-state index in [1.54, 1.807) is 36.7 Å². The fourth-order valence-electron chi connectivity index (χ4n) is 3.39. The van der Waals surface area contributed by atoms with Gasteiger partial charge in [-0.05, 0) is 66.2 Å². The van der Waals surface area contributed by atoms with Crippen molar-refractivity contribution in [1.82, 2.24) is 9.97 Å². The average molecular weight is 479 g/mol. The summed E-state index contributed by atoms with van der Waals surface area (Å²) in [5.41, 5.74) is 5.18. The van der Waals surface area contributed by atoms with E-state index in [-0.39, 0.29) is 5.91 Å². The van der Waals surface area contributed by atoms with Gasteiger partial charge in [-0.25, -0.2) is 4.98 Å². The molecule has 2 heterocycles. The molecule has 1 amide bonds.